The third-order valence-electron chi connectivity index (χ3n) is 23.1. The van der Waals surface area contributed by atoms with Crippen molar-refractivity contribution in [1.29, 1.82) is 0 Å². The summed E-state index contributed by atoms with van der Waals surface area (Å²) in [4.78, 5) is 138. The normalized spacial score (nSPS) is 28.9. The molecule has 0 unspecified atom stereocenters. The van der Waals surface area contributed by atoms with Gasteiger partial charge in [0, 0.05) is 48.6 Å². The van der Waals surface area contributed by atoms with Crippen molar-refractivity contribution in [3.8, 4) is 80.1 Å². The molecule has 8 amide bonds. The second kappa shape index (κ2) is 40.8. The van der Waals surface area contributed by atoms with E-state index in [1.54, 1.807) is 6.08 Å². The van der Waals surface area contributed by atoms with Gasteiger partial charge in [0.25, 0.3) is 0 Å². The van der Waals surface area contributed by atoms with Crippen molar-refractivity contribution in [3.05, 3.63) is 176 Å². The number of aliphatic hydroxyl groups is 10. The molecule has 44 heteroatoms. The minimum absolute atomic E-state index is 0.0251. The summed E-state index contributed by atoms with van der Waals surface area (Å²) in [6.07, 6.45) is -22.2. The Kier molecular flexibility index (Phi) is 29.6. The van der Waals surface area contributed by atoms with Crippen molar-refractivity contribution in [2.75, 3.05) is 19.8 Å². The molecule has 3 saturated heterocycles. The van der Waals surface area contributed by atoms with E-state index in [0.29, 0.717) is 6.42 Å². The van der Waals surface area contributed by atoms with E-state index < -0.39 is 316 Å². The maximum absolute atomic E-state index is 17.0. The van der Waals surface area contributed by atoms with Crippen molar-refractivity contribution >= 4 is 76.4 Å². The Morgan fingerprint density at radius 2 is 1.07 bits per heavy atom. The summed E-state index contributed by atoms with van der Waals surface area (Å²) in [6, 6.07) is 0.558. The highest BCUT2D eigenvalue weighted by Crippen LogP contribution is 2.51. The number of carbonyl (C=O) groups is 9. The molecular weight excluding hydrogens is 1780 g/mol. The van der Waals surface area contributed by atoms with Crippen LogP contribution in [0.2, 0.25) is 10.0 Å². The largest absolute Gasteiger partial charge is 0.508 e. The quantitative estimate of drug-likeness (QED) is 0.0396. The number of unbranched alkanes of at least 4 members (excludes halogenated alkanes) is 3. The fraction of sp³-hybridized carbons (Fsp3) is 0.398. The molecule has 16 rings (SSSR count). The number of fused-ring (bicyclic) bond motifs is 14. The molecule has 0 saturated carbocycles. The van der Waals surface area contributed by atoms with Crippen molar-refractivity contribution in [3.63, 3.8) is 0 Å². The molecule has 25 N–H and O–H groups in total. The third kappa shape index (κ3) is 20.6. The van der Waals surface area contributed by atoms with E-state index in [1.807, 2.05) is 13.0 Å². The molecule has 7 aromatic rings. The number of aliphatic carboxylic acids is 1. The SMILES string of the molecule is CCCCC/C=C\CCC(=O)N[C@H]1[C@H](Oc2c3cc4cc2Oc2ccc(cc2Cl)[C@@H](O[C@@H]2O[C@H](CO)[C@@H](O)[C@H](O)[C@H]2NC(C)=O)[C@@H]2NC(=O)[C@H](NC(=O)[C@@H]4NC(=O)[C@H]4NC(=O)[C@@H](Cc5ccc(c(Cl)c5)O3)NC(=O)[C@@H](N)c3ccc(O)c(c3)Oc3cc(O)cc4c3)c3ccc(O)c(c3)-c3c(O[C@H]4O[C@H](CO)[C@@H](O)[C@H](O)[C@@H]4O)cc(O)cc3[C@@H](C(=O)O)NC2=O)O[C@H](CO)[C@@H](O)[C@@H]1O. The number of benzene rings is 7. The smallest absolute Gasteiger partial charge is 0.330 e. The predicted molar refractivity (Wildman–Crippen MR) is 453 cm³/mol. The van der Waals surface area contributed by atoms with Crippen molar-refractivity contribution in [1.82, 2.24) is 42.5 Å². The van der Waals surface area contributed by atoms with E-state index in [0.717, 1.165) is 111 Å². The molecule has 0 spiro atoms. The van der Waals surface area contributed by atoms with Gasteiger partial charge in [0.1, 0.15) is 156 Å². The highest BCUT2D eigenvalue weighted by atomic mass is 35.5. The van der Waals surface area contributed by atoms with Crippen LogP contribution in [-0.2, 0) is 68.5 Å². The molecular formula is C88H95Cl2N9O33. The average Bonchev–Trinajstić information content (AvgIpc) is 0.757. The standard InChI is InChI=1S/C88H95Cl2N9O33/c1-3-4-5-6-7-8-9-10-60(108)94-68-74(113)71(110)58(32-101)129-87(68)132-78-55-26-40-27-56(78)126-52-18-14-38(24-47(52)90)77(131-86-67(92-34(2)103)73(112)70(109)57(31-100)128-86)69-84(121)98-66(85(122)123)45-29-42(105)30-54(127-88-76(115)75(114)72(111)59(33-102)130-88)61(45)44-23-37(13-15-49(44)106)63(81(118)99-69)96-83(120)65(40)97-82(119)64-39-21-41(104)28-43(22-39)124-53-25-36(12-16-50(53)107)62(91)80(117)93-48(79(116)95-64)20-35-11-17-51(125-55)46(89)19-35/h7-8,11-19,21-30,48,57-59,62-77,86-88,100-102,104-107,109-115H,3-6,9-10,20,31-33,91H2,1-2H3,(H,92,103)(H,93,117)(H,94,108)(H,95,116)(H,96,120)(H,97,119)(H,98,121)(H,99,118)(H,122,123)/b8-7-/t48-,57-,58-,59-,62+,63-,64+,65-,66+,67-,68-,69+,70-,71-,72-,73-,74-,75+,76+,77-,86+,87+,88+/m1/s1. The van der Waals surface area contributed by atoms with Gasteiger partial charge in [-0.05, 0) is 132 Å². The Balaban J connectivity index is 1.04. The Hall–Kier alpha value is -12.3. The Bertz CT molecular complexity index is 5600. The molecule has 17 bridgehead atoms. The molecule has 42 nitrogen and oxygen atoms in total. The minimum Gasteiger partial charge on any atom is -0.508 e. The monoisotopic (exact) mass is 1880 g/mol. The first-order valence-electron chi connectivity index (χ1n) is 41.7. The molecule has 9 aliphatic rings. The van der Waals surface area contributed by atoms with Gasteiger partial charge in [-0.15, -0.1) is 0 Å². The van der Waals surface area contributed by atoms with E-state index in [4.69, 9.17) is 71.6 Å². The van der Waals surface area contributed by atoms with Gasteiger partial charge in [-0.3, -0.25) is 38.4 Å². The molecule has 132 heavy (non-hydrogen) atoms. The number of hydrogen-bond acceptors (Lipinski definition) is 33. The van der Waals surface area contributed by atoms with Crippen molar-refractivity contribution in [2.45, 2.75) is 199 Å². The lowest BCUT2D eigenvalue weighted by Gasteiger charge is -2.44. The number of rotatable bonds is 19. The Morgan fingerprint density at radius 1 is 0.508 bits per heavy atom. The lowest BCUT2D eigenvalue weighted by Crippen LogP contribution is -2.65. The summed E-state index contributed by atoms with van der Waals surface area (Å²) in [6.45, 7) is -0.149. The summed E-state index contributed by atoms with van der Waals surface area (Å²) < 4.78 is 57.4. The number of phenols is 4. The van der Waals surface area contributed by atoms with Crippen molar-refractivity contribution in [2.24, 2.45) is 5.73 Å². The number of nitrogens with two attached hydrogens (primary N) is 1. The van der Waals surface area contributed by atoms with Crippen LogP contribution in [0.1, 0.15) is 128 Å². The predicted octanol–water partition coefficient (Wildman–Crippen LogP) is 0.940. The van der Waals surface area contributed by atoms with Crippen molar-refractivity contribution < 1.29 is 162 Å². The van der Waals surface area contributed by atoms with Gasteiger partial charge >= 0.3 is 5.97 Å². The lowest BCUT2D eigenvalue weighted by molar-refractivity contribution is -0.284. The van der Waals surface area contributed by atoms with E-state index in [-0.39, 0.29) is 46.2 Å². The van der Waals surface area contributed by atoms with Gasteiger partial charge in [0.2, 0.25) is 65.6 Å². The van der Waals surface area contributed by atoms with E-state index in [9.17, 15) is 95.8 Å². The van der Waals surface area contributed by atoms with Gasteiger partial charge in [-0.25, -0.2) is 4.79 Å². The Labute approximate surface area is 759 Å². The second-order valence-electron chi connectivity index (χ2n) is 32.3. The van der Waals surface area contributed by atoms with Crippen LogP contribution in [0, 0.1) is 0 Å². The summed E-state index contributed by atoms with van der Waals surface area (Å²) in [5.74, 6) is -19.7. The van der Waals surface area contributed by atoms with Crippen LogP contribution < -0.4 is 72.0 Å². The zero-order valence-corrected chi connectivity index (χ0v) is 71.4. The highest BCUT2D eigenvalue weighted by molar-refractivity contribution is 6.32. The number of nitrogens with one attached hydrogen (secondary N) is 8. The number of allylic oxidation sites excluding steroid dienone is 2. The maximum Gasteiger partial charge on any atom is 0.330 e. The number of ether oxygens (including phenoxy) is 9. The molecule has 0 aromatic heterocycles. The number of carboxylic acids is 1. The van der Waals surface area contributed by atoms with E-state index >= 15 is 24.0 Å². The van der Waals surface area contributed by atoms with Crippen LogP contribution in [0.3, 0.4) is 0 Å². The zero-order valence-electron chi connectivity index (χ0n) is 69.9. The number of amides is 8. The number of halogens is 2. The molecule has 23 atom stereocenters. The first-order chi connectivity index (χ1) is 63.0. The van der Waals surface area contributed by atoms with Gasteiger partial charge < -0.3 is 167 Å². The number of carbonyl (C=O) groups excluding carboxylic acids is 8. The molecule has 9 heterocycles. The summed E-state index contributed by atoms with van der Waals surface area (Å²) in [5, 5.41) is 190. The number of phenolic OH excluding ortho intramolecular Hbond substituents is 4. The van der Waals surface area contributed by atoms with Gasteiger partial charge in [-0.2, -0.15) is 0 Å². The summed E-state index contributed by atoms with van der Waals surface area (Å²) >= 11 is 14.7. The van der Waals surface area contributed by atoms with Crippen LogP contribution in [0.25, 0.3) is 11.1 Å². The lowest BCUT2D eigenvalue weighted by atomic mass is 9.89. The first-order valence-corrected chi connectivity index (χ1v) is 42.5. The third-order valence-corrected chi connectivity index (χ3v) is 23.7. The molecule has 0 aliphatic carbocycles. The molecule has 7 aromatic carbocycles. The van der Waals surface area contributed by atoms with Crippen LogP contribution in [0.5, 0.6) is 69.0 Å². The van der Waals surface area contributed by atoms with E-state index in [2.05, 4.69) is 42.5 Å². The molecule has 3 fully saturated rings. The van der Waals surface area contributed by atoms with Crippen LogP contribution >= 0.6 is 23.2 Å². The van der Waals surface area contributed by atoms with E-state index in [1.165, 1.54) is 30.3 Å². The zero-order chi connectivity index (χ0) is 94.7. The summed E-state index contributed by atoms with van der Waals surface area (Å²) in [7, 11) is 0. The number of hydrogen-bond donors (Lipinski definition) is 24. The second-order valence-corrected chi connectivity index (χ2v) is 33.2. The number of carboxylic acid groups (broad SMARTS) is 1. The fourth-order valence-electron chi connectivity index (χ4n) is 16.2. The van der Waals surface area contributed by atoms with Gasteiger partial charge in [0.05, 0.1) is 29.9 Å². The average molecular weight is 1880 g/mol. The van der Waals surface area contributed by atoms with Crippen LogP contribution in [0.4, 0.5) is 0 Å². The first kappa shape index (κ1) is 95.8. The maximum atomic E-state index is 17.0. The minimum atomic E-state index is -2.59. The number of aliphatic hydroxyl groups excluding tert-OH is 10. The molecule has 704 valence electrons. The fourth-order valence-corrected chi connectivity index (χ4v) is 16.7. The van der Waals surface area contributed by atoms with Crippen LogP contribution in [0.15, 0.2) is 127 Å². The highest BCUT2D eigenvalue weighted by Gasteiger charge is 2.52. The Morgan fingerprint density at radius 3 is 1.70 bits per heavy atom. The topological polar surface area (TPSA) is 662 Å². The van der Waals surface area contributed by atoms with Gasteiger partial charge in [-0.1, -0.05) is 79.4 Å². The molecule has 9 aliphatic heterocycles. The number of aromatic hydroxyl groups is 4. The molecule has 0 radical (unpaired) electrons. The van der Waals surface area contributed by atoms with Crippen LogP contribution in [-0.4, -0.2) is 254 Å². The summed E-state index contributed by atoms with van der Waals surface area (Å²) in [5.41, 5.74) is 2.76. The van der Waals surface area contributed by atoms with Gasteiger partial charge in [0.15, 0.2) is 35.3 Å².